The first kappa shape index (κ1) is 12.8. The molecule has 4 heteroatoms. The van der Waals surface area contributed by atoms with Crippen molar-refractivity contribution in [2.24, 2.45) is 0 Å². The monoisotopic (exact) mass is 477 g/mol. The Morgan fingerprint density at radius 1 is 0.944 bits per heavy atom. The lowest BCUT2D eigenvalue weighted by Gasteiger charge is -2.19. The number of fused-ring (bicyclic) bond motifs is 3. The Labute approximate surface area is 139 Å². The van der Waals surface area contributed by atoms with Crippen molar-refractivity contribution >= 4 is 68.3 Å². The molecular formula is C14H9I2NS. The summed E-state index contributed by atoms with van der Waals surface area (Å²) in [6, 6.07) is 16.9. The van der Waals surface area contributed by atoms with Gasteiger partial charge >= 0.3 is 0 Å². The third kappa shape index (κ3) is 1.98. The van der Waals surface area contributed by atoms with E-state index in [0.29, 0.717) is 0 Å². The molecule has 1 nitrogen and oxygen atoms in total. The van der Waals surface area contributed by atoms with Crippen LogP contribution >= 0.6 is 57.7 Å². The number of benzene rings is 2. The Morgan fingerprint density at radius 2 is 1.56 bits per heavy atom. The lowest BCUT2D eigenvalue weighted by Crippen LogP contribution is -2.20. The van der Waals surface area contributed by atoms with E-state index in [0.717, 1.165) is 4.99 Å². The van der Waals surface area contributed by atoms with Crippen LogP contribution in [0.3, 0.4) is 0 Å². The lowest BCUT2D eigenvalue weighted by molar-refractivity contribution is 1.36. The molecule has 2 aromatic carbocycles. The largest absolute Gasteiger partial charge is 0.275 e. The van der Waals surface area contributed by atoms with Crippen molar-refractivity contribution in [3.8, 4) is 11.1 Å². The number of alkyl halides is 1. The molecule has 1 aliphatic heterocycles. The highest BCUT2D eigenvalue weighted by Gasteiger charge is 2.27. The third-order valence-corrected chi connectivity index (χ3v) is 6.52. The molecule has 0 saturated heterocycles. The summed E-state index contributed by atoms with van der Waals surface area (Å²) < 4.78 is 2.33. The van der Waals surface area contributed by atoms with Gasteiger partial charge in [0.1, 0.15) is 4.99 Å². The molecule has 90 valence electrons. The summed E-state index contributed by atoms with van der Waals surface area (Å²) in [5.41, 5.74) is 5.02. The predicted molar refractivity (Wildman–Crippen MR) is 97.7 cm³/mol. The Kier molecular flexibility index (Phi) is 3.59. The van der Waals surface area contributed by atoms with Crippen LogP contribution in [0, 0.1) is 0 Å². The van der Waals surface area contributed by atoms with E-state index in [1.807, 2.05) is 0 Å². The Morgan fingerprint density at radius 3 is 2.33 bits per heavy atom. The molecular weight excluding hydrogens is 468 g/mol. The summed E-state index contributed by atoms with van der Waals surface area (Å²) in [5.74, 6) is 0. The fourth-order valence-electron chi connectivity index (χ4n) is 2.19. The van der Waals surface area contributed by atoms with Gasteiger partial charge in [0.05, 0.1) is 32.5 Å². The molecule has 3 rings (SSSR count). The summed E-state index contributed by atoms with van der Waals surface area (Å²) in [4.78, 5) is 0.952. The number of thiocarbonyl (C=S) groups is 1. The van der Waals surface area contributed by atoms with Gasteiger partial charge in [-0.2, -0.15) is 0 Å². The van der Waals surface area contributed by atoms with Crippen LogP contribution in [0.15, 0.2) is 48.5 Å². The quantitative estimate of drug-likeness (QED) is 0.219. The van der Waals surface area contributed by atoms with Gasteiger partial charge in [-0.1, -0.05) is 77.3 Å². The maximum atomic E-state index is 5.60. The van der Waals surface area contributed by atoms with E-state index in [-0.39, 0.29) is 3.92 Å². The van der Waals surface area contributed by atoms with E-state index < -0.39 is 0 Å². The molecule has 0 spiro atoms. The van der Waals surface area contributed by atoms with Crippen molar-refractivity contribution < 1.29 is 0 Å². The molecule has 18 heavy (non-hydrogen) atoms. The van der Waals surface area contributed by atoms with Crippen LogP contribution in [0.1, 0.15) is 9.49 Å². The standard InChI is InChI=1S/C14H9I2NS/c15-13-11-7-2-1-5-9(11)10-6-3-4-8-12(10)17(16)14(13)18/h1-8,13H. The molecule has 0 N–H and O–H groups in total. The summed E-state index contributed by atoms with van der Waals surface area (Å²) in [5, 5.41) is 0. The first-order valence-electron chi connectivity index (χ1n) is 5.52. The van der Waals surface area contributed by atoms with Crippen molar-refractivity contribution in [1.82, 2.24) is 0 Å². The minimum absolute atomic E-state index is 0.234. The number of rotatable bonds is 0. The molecule has 0 aromatic heterocycles. The molecule has 0 aliphatic carbocycles. The second-order valence-electron chi connectivity index (χ2n) is 4.09. The molecule has 0 fully saturated rings. The summed E-state index contributed by atoms with van der Waals surface area (Å²) in [7, 11) is 0. The van der Waals surface area contributed by atoms with E-state index in [1.54, 1.807) is 0 Å². The lowest BCUT2D eigenvalue weighted by atomic mass is 9.98. The van der Waals surface area contributed by atoms with Crippen LogP contribution in [-0.2, 0) is 0 Å². The van der Waals surface area contributed by atoms with Crippen LogP contribution in [0.2, 0.25) is 0 Å². The highest BCUT2D eigenvalue weighted by Crippen LogP contribution is 2.44. The number of anilines is 1. The highest BCUT2D eigenvalue weighted by atomic mass is 127. The maximum absolute atomic E-state index is 5.60. The fourth-order valence-corrected chi connectivity index (χ4v) is 4.47. The van der Waals surface area contributed by atoms with Crippen molar-refractivity contribution in [1.29, 1.82) is 0 Å². The molecule has 1 aliphatic rings. The number of hydrogen-bond donors (Lipinski definition) is 0. The SMILES string of the molecule is S=C1C(I)c2ccccc2-c2ccccc2N1I. The normalized spacial score (nSPS) is 18.0. The maximum Gasteiger partial charge on any atom is 0.109 e. The van der Waals surface area contributed by atoms with Crippen LogP contribution in [-0.4, -0.2) is 4.99 Å². The van der Waals surface area contributed by atoms with E-state index in [4.69, 9.17) is 12.2 Å². The highest BCUT2D eigenvalue weighted by molar-refractivity contribution is 14.1. The minimum Gasteiger partial charge on any atom is -0.275 e. The molecule has 0 saturated carbocycles. The number of hydrogen-bond acceptors (Lipinski definition) is 1. The summed E-state index contributed by atoms with van der Waals surface area (Å²) in [6.45, 7) is 0. The van der Waals surface area contributed by atoms with Gasteiger partial charge in [-0.25, -0.2) is 0 Å². The Bertz CT molecular complexity index is 573. The van der Waals surface area contributed by atoms with Crippen molar-refractivity contribution in [2.45, 2.75) is 3.92 Å². The average molecular weight is 477 g/mol. The van der Waals surface area contributed by atoms with E-state index in [2.05, 4.69) is 97.1 Å². The first-order valence-corrected chi connectivity index (χ1v) is 8.14. The van der Waals surface area contributed by atoms with E-state index in [1.165, 1.54) is 22.4 Å². The molecule has 1 unspecified atom stereocenters. The summed E-state index contributed by atoms with van der Waals surface area (Å²) >= 11 is 10.3. The first-order chi connectivity index (χ1) is 8.70. The van der Waals surface area contributed by atoms with Gasteiger partial charge in [0.15, 0.2) is 0 Å². The van der Waals surface area contributed by atoms with Crippen LogP contribution in [0.5, 0.6) is 0 Å². The molecule has 2 aromatic rings. The van der Waals surface area contributed by atoms with E-state index in [9.17, 15) is 0 Å². The minimum atomic E-state index is 0.234. The number of para-hydroxylation sites is 1. The second-order valence-corrected chi connectivity index (χ2v) is 6.71. The molecule has 0 radical (unpaired) electrons. The Hall–Kier alpha value is -0.210. The second kappa shape index (κ2) is 5.05. The topological polar surface area (TPSA) is 3.24 Å². The van der Waals surface area contributed by atoms with Gasteiger partial charge in [-0.3, -0.25) is 3.11 Å². The van der Waals surface area contributed by atoms with Gasteiger partial charge < -0.3 is 0 Å². The van der Waals surface area contributed by atoms with Gasteiger partial charge in [0.25, 0.3) is 0 Å². The average Bonchev–Trinajstić information content (AvgIpc) is 2.51. The zero-order valence-corrected chi connectivity index (χ0v) is 14.4. The molecule has 1 heterocycles. The van der Waals surface area contributed by atoms with Crippen LogP contribution < -0.4 is 3.11 Å². The van der Waals surface area contributed by atoms with Gasteiger partial charge in [0, 0.05) is 5.56 Å². The van der Waals surface area contributed by atoms with Gasteiger partial charge in [-0.05, 0) is 17.2 Å². The Balaban J connectivity index is 2.36. The van der Waals surface area contributed by atoms with Gasteiger partial charge in [-0.15, -0.1) is 0 Å². The zero-order chi connectivity index (χ0) is 12.7. The number of halogens is 2. The molecule has 1 atom stereocenters. The molecule has 0 amide bonds. The van der Waals surface area contributed by atoms with Crippen LogP contribution in [0.4, 0.5) is 5.69 Å². The zero-order valence-electron chi connectivity index (χ0n) is 9.31. The predicted octanol–water partition coefficient (Wildman–Crippen LogP) is 5.33. The third-order valence-electron chi connectivity index (χ3n) is 3.05. The smallest absolute Gasteiger partial charge is 0.109 e. The van der Waals surface area contributed by atoms with Crippen molar-refractivity contribution in [3.05, 3.63) is 54.1 Å². The van der Waals surface area contributed by atoms with Gasteiger partial charge in [0.2, 0.25) is 0 Å². The van der Waals surface area contributed by atoms with Crippen molar-refractivity contribution in [3.63, 3.8) is 0 Å². The van der Waals surface area contributed by atoms with Crippen molar-refractivity contribution in [2.75, 3.05) is 3.11 Å². The van der Waals surface area contributed by atoms with E-state index >= 15 is 0 Å². The summed E-state index contributed by atoms with van der Waals surface area (Å²) in [6.07, 6.45) is 0. The fraction of sp³-hybridized carbons (Fsp3) is 0.0714. The molecule has 0 bridgehead atoms. The van der Waals surface area contributed by atoms with Crippen LogP contribution in [0.25, 0.3) is 11.1 Å². The number of nitrogens with zero attached hydrogens (tertiary/aromatic N) is 1.